The van der Waals surface area contributed by atoms with Crippen molar-refractivity contribution in [2.24, 2.45) is 5.92 Å². The standard InChI is InChI=1S/C18H26O5/c1-12-5-4-7-13(19)6-2-3-8-23-17-11-14(20)10-16(22)18(17)15(21)9-12/h10-13,19-20,22H,2-9H2,1H3/t12-,13-/m0/s1. The predicted octanol–water partition coefficient (Wildman–Crippen LogP) is 3.40. The van der Waals surface area contributed by atoms with Gasteiger partial charge in [-0.15, -0.1) is 0 Å². The van der Waals surface area contributed by atoms with Crippen LogP contribution >= 0.6 is 0 Å². The summed E-state index contributed by atoms with van der Waals surface area (Å²) in [6, 6.07) is 2.54. The van der Waals surface area contributed by atoms with Gasteiger partial charge in [0.25, 0.3) is 0 Å². The Hall–Kier alpha value is -1.75. The molecule has 3 N–H and O–H groups in total. The van der Waals surface area contributed by atoms with Gasteiger partial charge in [0.2, 0.25) is 0 Å². The van der Waals surface area contributed by atoms with E-state index in [-0.39, 0.29) is 40.6 Å². The Morgan fingerprint density at radius 1 is 1.09 bits per heavy atom. The molecule has 0 amide bonds. The molecule has 1 aliphatic rings. The van der Waals surface area contributed by atoms with Gasteiger partial charge < -0.3 is 20.1 Å². The molecule has 1 aliphatic heterocycles. The van der Waals surface area contributed by atoms with Crippen LogP contribution in [0.3, 0.4) is 0 Å². The van der Waals surface area contributed by atoms with Crippen molar-refractivity contribution in [3.8, 4) is 17.2 Å². The van der Waals surface area contributed by atoms with Crippen LogP contribution in [0.5, 0.6) is 17.2 Å². The van der Waals surface area contributed by atoms with E-state index in [2.05, 4.69) is 0 Å². The molecular formula is C18H26O5. The van der Waals surface area contributed by atoms with Gasteiger partial charge in [0.05, 0.1) is 12.7 Å². The molecule has 0 aliphatic carbocycles. The Kier molecular flexibility index (Phi) is 6.28. The zero-order valence-electron chi connectivity index (χ0n) is 13.6. The third-order valence-corrected chi connectivity index (χ3v) is 4.30. The SMILES string of the molecule is C[C@H]1CCC[C@@H](O)CCCCOc2cc(O)cc(O)c2C(=O)C1. The first-order valence-electron chi connectivity index (χ1n) is 8.37. The fraction of sp³-hybridized carbons (Fsp3) is 0.611. The minimum atomic E-state index is -0.291. The van der Waals surface area contributed by atoms with Crippen molar-refractivity contribution >= 4 is 5.78 Å². The third-order valence-electron chi connectivity index (χ3n) is 4.30. The third kappa shape index (κ3) is 5.13. The number of aromatic hydroxyl groups is 2. The number of Topliss-reactive ketones (excluding diaryl/α,β-unsaturated/α-hetero) is 1. The highest BCUT2D eigenvalue weighted by molar-refractivity contribution is 6.01. The molecule has 0 unspecified atom stereocenters. The van der Waals surface area contributed by atoms with Gasteiger partial charge in [0, 0.05) is 18.6 Å². The van der Waals surface area contributed by atoms with Crippen LogP contribution in [0, 0.1) is 5.92 Å². The van der Waals surface area contributed by atoms with Crippen LogP contribution in [-0.2, 0) is 0 Å². The van der Waals surface area contributed by atoms with Crippen LogP contribution in [0.4, 0.5) is 0 Å². The molecule has 0 radical (unpaired) electrons. The maximum Gasteiger partial charge on any atom is 0.170 e. The molecule has 1 aromatic rings. The van der Waals surface area contributed by atoms with Gasteiger partial charge in [-0.3, -0.25) is 4.79 Å². The number of ether oxygens (including phenoxy) is 1. The van der Waals surface area contributed by atoms with Crippen LogP contribution in [0.1, 0.15) is 62.2 Å². The Balaban J connectivity index is 2.21. The number of aliphatic hydroxyl groups is 1. The molecule has 23 heavy (non-hydrogen) atoms. The monoisotopic (exact) mass is 322 g/mol. The van der Waals surface area contributed by atoms with Crippen molar-refractivity contribution in [3.63, 3.8) is 0 Å². The summed E-state index contributed by atoms with van der Waals surface area (Å²) in [6.45, 7) is 2.37. The predicted molar refractivity (Wildman–Crippen MR) is 87.1 cm³/mol. The van der Waals surface area contributed by atoms with Gasteiger partial charge in [-0.2, -0.15) is 0 Å². The quantitative estimate of drug-likeness (QED) is 0.681. The number of rotatable bonds is 0. The van der Waals surface area contributed by atoms with E-state index in [1.165, 1.54) is 12.1 Å². The van der Waals surface area contributed by atoms with Crippen molar-refractivity contribution in [2.45, 2.75) is 58.0 Å². The summed E-state index contributed by atoms with van der Waals surface area (Å²) in [5, 5.41) is 29.6. The van der Waals surface area contributed by atoms with E-state index in [9.17, 15) is 20.1 Å². The van der Waals surface area contributed by atoms with Gasteiger partial charge in [-0.25, -0.2) is 0 Å². The number of ketones is 1. The van der Waals surface area contributed by atoms with E-state index in [1.807, 2.05) is 6.92 Å². The van der Waals surface area contributed by atoms with Gasteiger partial charge in [-0.1, -0.05) is 19.8 Å². The smallest absolute Gasteiger partial charge is 0.170 e. The summed E-state index contributed by atoms with van der Waals surface area (Å²) >= 11 is 0. The van der Waals surface area contributed by atoms with Crippen LogP contribution in [-0.4, -0.2) is 33.8 Å². The second-order valence-corrected chi connectivity index (χ2v) is 6.50. The van der Waals surface area contributed by atoms with E-state index in [0.29, 0.717) is 13.0 Å². The average molecular weight is 322 g/mol. The number of phenols is 2. The Morgan fingerprint density at radius 3 is 2.61 bits per heavy atom. The van der Waals surface area contributed by atoms with Crippen LogP contribution in [0.2, 0.25) is 0 Å². The van der Waals surface area contributed by atoms with E-state index in [0.717, 1.165) is 38.5 Å². The fourth-order valence-corrected chi connectivity index (χ4v) is 3.01. The van der Waals surface area contributed by atoms with Crippen molar-refractivity contribution in [2.75, 3.05) is 6.61 Å². The first-order chi connectivity index (χ1) is 11.0. The van der Waals surface area contributed by atoms with Crippen LogP contribution in [0.15, 0.2) is 12.1 Å². The number of hydrogen-bond donors (Lipinski definition) is 3. The lowest BCUT2D eigenvalue weighted by molar-refractivity contribution is 0.0951. The number of carbonyl (C=O) groups excluding carboxylic acids is 1. The normalized spacial score (nSPS) is 24.3. The number of aliphatic hydroxyl groups excluding tert-OH is 1. The van der Waals surface area contributed by atoms with E-state index in [4.69, 9.17) is 4.74 Å². The summed E-state index contributed by atoms with van der Waals surface area (Å²) in [6.07, 6.45) is 4.86. The summed E-state index contributed by atoms with van der Waals surface area (Å²) in [4.78, 5) is 12.5. The van der Waals surface area contributed by atoms with Crippen molar-refractivity contribution < 1.29 is 24.9 Å². The van der Waals surface area contributed by atoms with Crippen molar-refractivity contribution in [3.05, 3.63) is 17.7 Å². The molecule has 1 heterocycles. The molecule has 1 aromatic carbocycles. The lowest BCUT2D eigenvalue weighted by Crippen LogP contribution is -2.12. The maximum atomic E-state index is 12.5. The Bertz CT molecular complexity index is 540. The number of carbonyl (C=O) groups is 1. The lowest BCUT2D eigenvalue weighted by Gasteiger charge is -2.17. The van der Waals surface area contributed by atoms with Gasteiger partial charge in [0.15, 0.2) is 5.78 Å². The van der Waals surface area contributed by atoms with Crippen molar-refractivity contribution in [1.29, 1.82) is 0 Å². The summed E-state index contributed by atoms with van der Waals surface area (Å²) in [5.74, 6) is -0.142. The molecule has 0 bridgehead atoms. The second-order valence-electron chi connectivity index (χ2n) is 6.50. The first kappa shape index (κ1) is 17.6. The molecule has 128 valence electrons. The minimum Gasteiger partial charge on any atom is -0.508 e. The molecule has 0 saturated heterocycles. The minimum absolute atomic E-state index is 0.126. The van der Waals surface area contributed by atoms with Crippen LogP contribution < -0.4 is 4.74 Å². The highest BCUT2D eigenvalue weighted by Gasteiger charge is 2.21. The number of benzene rings is 1. The number of hydrogen-bond acceptors (Lipinski definition) is 5. The molecule has 0 spiro atoms. The van der Waals surface area contributed by atoms with Gasteiger partial charge in [-0.05, 0) is 31.6 Å². The topological polar surface area (TPSA) is 87.0 Å². The summed E-state index contributed by atoms with van der Waals surface area (Å²) in [5.41, 5.74) is 0.159. The Morgan fingerprint density at radius 2 is 1.83 bits per heavy atom. The molecule has 0 saturated carbocycles. The van der Waals surface area contributed by atoms with E-state index >= 15 is 0 Å². The average Bonchev–Trinajstić information content (AvgIpc) is 2.45. The molecular weight excluding hydrogens is 296 g/mol. The van der Waals surface area contributed by atoms with Crippen LogP contribution in [0.25, 0.3) is 0 Å². The molecule has 0 aromatic heterocycles. The summed E-state index contributed by atoms with van der Waals surface area (Å²) < 4.78 is 5.61. The zero-order chi connectivity index (χ0) is 16.8. The van der Waals surface area contributed by atoms with E-state index in [1.54, 1.807) is 0 Å². The maximum absolute atomic E-state index is 12.5. The number of fused-ring (bicyclic) bond motifs is 1. The zero-order valence-corrected chi connectivity index (χ0v) is 13.6. The highest BCUT2D eigenvalue weighted by atomic mass is 16.5. The molecule has 2 rings (SSSR count). The van der Waals surface area contributed by atoms with E-state index < -0.39 is 0 Å². The second kappa shape index (κ2) is 8.20. The Labute approximate surface area is 136 Å². The largest absolute Gasteiger partial charge is 0.508 e. The molecule has 0 fully saturated rings. The molecule has 5 heteroatoms. The van der Waals surface area contributed by atoms with Crippen molar-refractivity contribution in [1.82, 2.24) is 0 Å². The number of phenolic OH excluding ortho intramolecular Hbond substituents is 2. The highest BCUT2D eigenvalue weighted by Crippen LogP contribution is 2.35. The van der Waals surface area contributed by atoms with Gasteiger partial charge in [0.1, 0.15) is 22.8 Å². The lowest BCUT2D eigenvalue weighted by atomic mass is 9.93. The molecule has 2 atom stereocenters. The molecule has 5 nitrogen and oxygen atoms in total. The van der Waals surface area contributed by atoms with Gasteiger partial charge >= 0.3 is 0 Å². The summed E-state index contributed by atoms with van der Waals surface area (Å²) in [7, 11) is 0. The fourth-order valence-electron chi connectivity index (χ4n) is 3.01. The first-order valence-corrected chi connectivity index (χ1v) is 8.37.